The fourth-order valence-electron chi connectivity index (χ4n) is 1.58. The lowest BCUT2D eigenvalue weighted by molar-refractivity contribution is 0.581. The molecule has 108 valence electrons. The molecule has 0 unspecified atom stereocenters. The number of anilines is 1. The predicted octanol–water partition coefficient (Wildman–Crippen LogP) is 2.19. The maximum Gasteiger partial charge on any atom is 0.242 e. The zero-order chi connectivity index (χ0) is 14.9. The van der Waals surface area contributed by atoms with Gasteiger partial charge in [-0.3, -0.25) is 5.10 Å². The normalized spacial score (nSPS) is 11.8. The van der Waals surface area contributed by atoms with Crippen LogP contribution in [0.2, 0.25) is 5.02 Å². The van der Waals surface area contributed by atoms with Gasteiger partial charge in [0.2, 0.25) is 10.0 Å². The molecule has 9 heteroatoms. The molecule has 0 spiro atoms. The summed E-state index contributed by atoms with van der Waals surface area (Å²) >= 11 is 9.01. The number of halogens is 2. The number of hydrogen-bond acceptors (Lipinski definition) is 4. The minimum Gasteiger partial charge on any atom is -0.398 e. The van der Waals surface area contributed by atoms with E-state index in [4.69, 9.17) is 17.3 Å². The Bertz CT molecular complexity index is 745. The number of benzene rings is 1. The minimum atomic E-state index is -3.73. The monoisotopic (exact) mass is 378 g/mol. The van der Waals surface area contributed by atoms with Gasteiger partial charge in [-0.25, -0.2) is 13.1 Å². The van der Waals surface area contributed by atoms with E-state index < -0.39 is 10.0 Å². The Kier molecular flexibility index (Phi) is 4.38. The number of aromatic nitrogens is 2. The molecule has 1 aromatic carbocycles. The van der Waals surface area contributed by atoms with Gasteiger partial charge in [-0.15, -0.1) is 0 Å². The fraction of sp³-hybridized carbons (Fsp3) is 0.182. The molecule has 2 aromatic rings. The second-order valence-electron chi connectivity index (χ2n) is 4.15. The number of aryl methyl sites for hydroxylation is 1. The van der Waals surface area contributed by atoms with E-state index in [0.717, 1.165) is 11.3 Å². The molecular formula is C11H12BrClN4O2S. The zero-order valence-corrected chi connectivity index (χ0v) is 13.6. The standard InChI is InChI=1S/C11H12BrClN4O2S/c1-6-7(4-15-17-6)5-16-20(18,19)10-3-8(13)2-9(14)11(10)12/h2-4,16H,5,14H2,1H3,(H,15,17). The van der Waals surface area contributed by atoms with Crippen LogP contribution in [-0.2, 0) is 16.6 Å². The third-order valence-electron chi connectivity index (χ3n) is 2.71. The molecule has 0 aliphatic rings. The second kappa shape index (κ2) is 5.72. The summed E-state index contributed by atoms with van der Waals surface area (Å²) in [6.07, 6.45) is 1.57. The molecule has 0 saturated heterocycles. The molecule has 1 aromatic heterocycles. The maximum absolute atomic E-state index is 12.3. The van der Waals surface area contributed by atoms with E-state index in [1.807, 2.05) is 6.92 Å². The van der Waals surface area contributed by atoms with E-state index in [2.05, 4.69) is 30.8 Å². The van der Waals surface area contributed by atoms with Gasteiger partial charge in [0.05, 0.1) is 15.6 Å². The van der Waals surface area contributed by atoms with Gasteiger partial charge in [-0.1, -0.05) is 11.6 Å². The third-order valence-corrected chi connectivity index (χ3v) is 5.50. The first-order valence-electron chi connectivity index (χ1n) is 5.54. The van der Waals surface area contributed by atoms with E-state index in [9.17, 15) is 8.42 Å². The molecule has 0 amide bonds. The van der Waals surface area contributed by atoms with Gasteiger partial charge in [-0.2, -0.15) is 5.10 Å². The SMILES string of the molecule is Cc1[nH]ncc1CNS(=O)(=O)c1cc(Cl)cc(N)c1Br. The summed E-state index contributed by atoms with van der Waals surface area (Å²) in [5.74, 6) is 0. The van der Waals surface area contributed by atoms with Crippen molar-refractivity contribution in [3.63, 3.8) is 0 Å². The number of sulfonamides is 1. The zero-order valence-electron chi connectivity index (χ0n) is 10.4. The van der Waals surface area contributed by atoms with Gasteiger partial charge in [0.1, 0.15) is 0 Å². The summed E-state index contributed by atoms with van der Waals surface area (Å²) in [4.78, 5) is 0.00338. The van der Waals surface area contributed by atoms with Crippen molar-refractivity contribution >= 4 is 43.2 Å². The highest BCUT2D eigenvalue weighted by molar-refractivity contribution is 9.10. The first kappa shape index (κ1) is 15.3. The Labute approximate surface area is 129 Å². The Balaban J connectivity index is 2.29. The fourth-order valence-corrected chi connectivity index (χ4v) is 3.88. The van der Waals surface area contributed by atoms with Gasteiger partial charge in [-0.05, 0) is 35.0 Å². The number of H-pyrrole nitrogens is 1. The average Bonchev–Trinajstić information content (AvgIpc) is 2.77. The highest BCUT2D eigenvalue weighted by atomic mass is 79.9. The van der Waals surface area contributed by atoms with E-state index in [0.29, 0.717) is 4.47 Å². The topological polar surface area (TPSA) is 101 Å². The van der Waals surface area contributed by atoms with Crippen LogP contribution in [0.5, 0.6) is 0 Å². The van der Waals surface area contributed by atoms with E-state index in [1.54, 1.807) is 6.20 Å². The first-order chi connectivity index (χ1) is 9.31. The lowest BCUT2D eigenvalue weighted by Gasteiger charge is -2.10. The van der Waals surface area contributed by atoms with Crippen LogP contribution in [-0.4, -0.2) is 18.6 Å². The van der Waals surface area contributed by atoms with Crippen LogP contribution < -0.4 is 10.5 Å². The summed E-state index contributed by atoms with van der Waals surface area (Å²) in [5.41, 5.74) is 7.52. The first-order valence-corrected chi connectivity index (χ1v) is 8.19. The lowest BCUT2D eigenvalue weighted by atomic mass is 10.3. The highest BCUT2D eigenvalue weighted by Gasteiger charge is 2.20. The number of hydrogen-bond donors (Lipinski definition) is 3. The van der Waals surface area contributed by atoms with Crippen molar-refractivity contribution in [3.05, 3.63) is 39.1 Å². The predicted molar refractivity (Wildman–Crippen MR) is 80.9 cm³/mol. The number of nitrogen functional groups attached to an aromatic ring is 1. The van der Waals surface area contributed by atoms with Crippen molar-refractivity contribution in [1.29, 1.82) is 0 Å². The minimum absolute atomic E-state index is 0.00338. The molecule has 0 bridgehead atoms. The van der Waals surface area contributed by atoms with Crippen LogP contribution in [0.4, 0.5) is 5.69 Å². The second-order valence-corrected chi connectivity index (χ2v) is 7.12. The maximum atomic E-state index is 12.3. The Morgan fingerprint density at radius 1 is 1.50 bits per heavy atom. The molecule has 1 heterocycles. The van der Waals surface area contributed by atoms with Crippen LogP contribution in [0.25, 0.3) is 0 Å². The van der Waals surface area contributed by atoms with E-state index in [-0.39, 0.29) is 22.2 Å². The summed E-state index contributed by atoms with van der Waals surface area (Å²) in [7, 11) is -3.73. The number of rotatable bonds is 4. The molecule has 4 N–H and O–H groups in total. The lowest BCUT2D eigenvalue weighted by Crippen LogP contribution is -2.24. The van der Waals surface area contributed by atoms with Crippen LogP contribution in [0, 0.1) is 6.92 Å². The molecule has 0 radical (unpaired) electrons. The van der Waals surface area contributed by atoms with Crippen molar-refractivity contribution in [1.82, 2.24) is 14.9 Å². The molecule has 2 rings (SSSR count). The van der Waals surface area contributed by atoms with Crippen molar-refractivity contribution in [3.8, 4) is 0 Å². The van der Waals surface area contributed by atoms with Crippen molar-refractivity contribution in [2.24, 2.45) is 0 Å². The molecule has 6 nitrogen and oxygen atoms in total. The summed E-state index contributed by atoms with van der Waals surface area (Å²) < 4.78 is 27.3. The summed E-state index contributed by atoms with van der Waals surface area (Å²) in [6, 6.07) is 2.82. The number of nitrogens with two attached hydrogens (primary N) is 1. The quantitative estimate of drug-likeness (QED) is 0.709. The number of nitrogens with zero attached hydrogens (tertiary/aromatic N) is 1. The Morgan fingerprint density at radius 2 is 2.20 bits per heavy atom. The smallest absolute Gasteiger partial charge is 0.242 e. The molecule has 0 saturated carbocycles. The number of aromatic amines is 1. The van der Waals surface area contributed by atoms with Gasteiger partial charge < -0.3 is 5.73 Å². The Morgan fingerprint density at radius 3 is 2.80 bits per heavy atom. The van der Waals surface area contributed by atoms with Crippen molar-refractivity contribution < 1.29 is 8.42 Å². The van der Waals surface area contributed by atoms with Crippen LogP contribution in [0.1, 0.15) is 11.3 Å². The molecule has 0 aliphatic carbocycles. The molecule has 20 heavy (non-hydrogen) atoms. The largest absolute Gasteiger partial charge is 0.398 e. The molecular weight excluding hydrogens is 368 g/mol. The van der Waals surface area contributed by atoms with Gasteiger partial charge >= 0.3 is 0 Å². The molecule has 0 fully saturated rings. The number of nitrogens with one attached hydrogen (secondary N) is 2. The van der Waals surface area contributed by atoms with Gasteiger partial charge in [0.25, 0.3) is 0 Å². The highest BCUT2D eigenvalue weighted by Crippen LogP contribution is 2.31. The van der Waals surface area contributed by atoms with Crippen molar-refractivity contribution in [2.75, 3.05) is 5.73 Å². The van der Waals surface area contributed by atoms with Crippen molar-refractivity contribution in [2.45, 2.75) is 18.4 Å². The van der Waals surface area contributed by atoms with Crippen LogP contribution in [0.15, 0.2) is 27.7 Å². The average molecular weight is 380 g/mol. The van der Waals surface area contributed by atoms with Crippen LogP contribution in [0.3, 0.4) is 0 Å². The summed E-state index contributed by atoms with van der Waals surface area (Å²) in [6.45, 7) is 1.94. The van der Waals surface area contributed by atoms with E-state index in [1.165, 1.54) is 12.1 Å². The summed E-state index contributed by atoms with van der Waals surface area (Å²) in [5, 5.41) is 6.82. The molecule has 0 atom stereocenters. The van der Waals surface area contributed by atoms with E-state index >= 15 is 0 Å². The van der Waals surface area contributed by atoms with Crippen LogP contribution >= 0.6 is 27.5 Å². The Hall–Kier alpha value is -1.09. The third kappa shape index (κ3) is 3.14. The molecule has 0 aliphatic heterocycles. The van der Waals surface area contributed by atoms with Gasteiger partial charge in [0, 0.05) is 28.5 Å². The van der Waals surface area contributed by atoms with Gasteiger partial charge in [0.15, 0.2) is 0 Å².